The Bertz CT molecular complexity index is 875. The van der Waals surface area contributed by atoms with E-state index in [-0.39, 0.29) is 22.4 Å². The molecule has 1 saturated carbocycles. The van der Waals surface area contributed by atoms with Gasteiger partial charge in [0.2, 0.25) is 5.91 Å². The topological polar surface area (TPSA) is 80.9 Å². The SMILES string of the molecule is C[C@]12CN(CCc3cnc[nH]3)[C@@H]3N(CCc4cnc[nH]4)C(=O)[C@](C)(C1)C[C@]3(C)C2. The lowest BCUT2D eigenvalue weighted by Gasteiger charge is -2.68. The predicted octanol–water partition coefficient (Wildman–Crippen LogP) is 2.60. The first-order valence-corrected chi connectivity index (χ1v) is 10.8. The lowest BCUT2D eigenvalue weighted by molar-refractivity contribution is -0.220. The van der Waals surface area contributed by atoms with Crippen molar-refractivity contribution in [1.29, 1.82) is 0 Å². The second kappa shape index (κ2) is 6.42. The summed E-state index contributed by atoms with van der Waals surface area (Å²) in [7, 11) is 0. The van der Waals surface area contributed by atoms with Gasteiger partial charge in [0, 0.05) is 67.1 Å². The number of carbonyl (C=O) groups is 1. The highest BCUT2D eigenvalue weighted by atomic mass is 16.2. The number of imidazole rings is 2. The lowest BCUT2D eigenvalue weighted by atomic mass is 9.48. The summed E-state index contributed by atoms with van der Waals surface area (Å²) in [5, 5.41) is 0. The van der Waals surface area contributed by atoms with Gasteiger partial charge in [-0.15, -0.1) is 0 Å². The van der Waals surface area contributed by atoms with Crippen molar-refractivity contribution in [3.05, 3.63) is 36.4 Å². The number of piperidine rings is 2. The van der Waals surface area contributed by atoms with Crippen LogP contribution in [0.5, 0.6) is 0 Å². The zero-order valence-electron chi connectivity index (χ0n) is 17.7. The van der Waals surface area contributed by atoms with Gasteiger partial charge in [-0.3, -0.25) is 9.69 Å². The van der Waals surface area contributed by atoms with E-state index in [1.165, 1.54) is 6.42 Å². The normalized spacial score (nSPS) is 36.7. The second-order valence-electron chi connectivity index (χ2n) is 10.6. The minimum Gasteiger partial charge on any atom is -0.348 e. The molecule has 156 valence electrons. The zero-order chi connectivity index (χ0) is 20.3. The van der Waals surface area contributed by atoms with Gasteiger partial charge in [0.05, 0.1) is 18.8 Å². The third-order valence-electron chi connectivity index (χ3n) is 7.47. The molecule has 3 bridgehead atoms. The summed E-state index contributed by atoms with van der Waals surface area (Å²) < 4.78 is 0. The molecule has 2 N–H and O–H groups in total. The molecule has 4 atom stereocenters. The molecule has 4 heterocycles. The van der Waals surface area contributed by atoms with E-state index in [0.29, 0.717) is 5.91 Å². The highest BCUT2D eigenvalue weighted by Gasteiger charge is 2.65. The monoisotopic (exact) mass is 396 g/mol. The number of aromatic nitrogens is 4. The number of fused-ring (bicyclic) bond motifs is 2. The first-order valence-electron chi connectivity index (χ1n) is 10.8. The van der Waals surface area contributed by atoms with Crippen molar-refractivity contribution in [3.8, 4) is 0 Å². The summed E-state index contributed by atoms with van der Waals surface area (Å²) >= 11 is 0. The predicted molar refractivity (Wildman–Crippen MR) is 110 cm³/mol. The van der Waals surface area contributed by atoms with E-state index < -0.39 is 0 Å². The van der Waals surface area contributed by atoms with Crippen LogP contribution in [0.2, 0.25) is 0 Å². The first kappa shape index (κ1) is 18.9. The Balaban J connectivity index is 1.46. The highest BCUT2D eigenvalue weighted by molar-refractivity contribution is 5.84. The molecule has 2 saturated heterocycles. The van der Waals surface area contributed by atoms with E-state index >= 15 is 0 Å². The standard InChI is InChI=1S/C22H32N6O/c1-20-10-21(2)12-22(3,11-20)19(29)28(7-5-17-9-24-15-26-17)18(21)27(13-20)6-4-16-8-23-14-25-16/h8-9,14-15,18H,4-7,10-13H2,1-3H3,(H,23,25)(H,24,26)/t18-,20-,21+,22-/m1/s1. The van der Waals surface area contributed by atoms with Crippen LogP contribution >= 0.6 is 0 Å². The summed E-state index contributed by atoms with van der Waals surface area (Å²) in [6, 6.07) is 0. The molecule has 7 nitrogen and oxygen atoms in total. The second-order valence-corrected chi connectivity index (χ2v) is 10.6. The number of H-pyrrole nitrogens is 2. The van der Waals surface area contributed by atoms with Crippen molar-refractivity contribution in [1.82, 2.24) is 29.7 Å². The molecule has 1 amide bonds. The van der Waals surface area contributed by atoms with Crippen molar-refractivity contribution >= 4 is 5.91 Å². The quantitative estimate of drug-likeness (QED) is 0.786. The Morgan fingerprint density at radius 3 is 2.28 bits per heavy atom. The van der Waals surface area contributed by atoms with Gasteiger partial charge in [0.1, 0.15) is 0 Å². The number of hydrogen-bond acceptors (Lipinski definition) is 4. The molecular formula is C22H32N6O. The van der Waals surface area contributed by atoms with Gasteiger partial charge in [-0.2, -0.15) is 0 Å². The molecule has 3 aliphatic rings. The van der Waals surface area contributed by atoms with Gasteiger partial charge in [-0.1, -0.05) is 20.8 Å². The number of carbonyl (C=O) groups excluding carboxylic acids is 1. The van der Waals surface area contributed by atoms with E-state index in [4.69, 9.17) is 0 Å². The van der Waals surface area contributed by atoms with Crippen LogP contribution in [-0.2, 0) is 17.6 Å². The highest BCUT2D eigenvalue weighted by Crippen LogP contribution is 2.63. The van der Waals surface area contributed by atoms with Crippen LogP contribution in [0, 0.1) is 16.2 Å². The van der Waals surface area contributed by atoms with Crippen molar-refractivity contribution in [3.63, 3.8) is 0 Å². The van der Waals surface area contributed by atoms with Gasteiger partial charge in [0.15, 0.2) is 0 Å². The van der Waals surface area contributed by atoms with Gasteiger partial charge in [0.25, 0.3) is 0 Å². The number of hydrogen-bond donors (Lipinski definition) is 2. The van der Waals surface area contributed by atoms with Gasteiger partial charge in [-0.05, 0) is 24.7 Å². The van der Waals surface area contributed by atoms with E-state index in [0.717, 1.165) is 56.7 Å². The van der Waals surface area contributed by atoms with Crippen LogP contribution in [-0.4, -0.2) is 61.4 Å². The Kier molecular flexibility index (Phi) is 4.18. The number of likely N-dealkylation sites (tertiary alicyclic amines) is 2. The van der Waals surface area contributed by atoms with E-state index in [2.05, 4.69) is 50.5 Å². The molecule has 3 fully saturated rings. The van der Waals surface area contributed by atoms with Gasteiger partial charge < -0.3 is 14.9 Å². The summed E-state index contributed by atoms with van der Waals surface area (Å²) in [5.41, 5.74) is 2.36. The molecule has 29 heavy (non-hydrogen) atoms. The first-order chi connectivity index (χ1) is 13.8. The summed E-state index contributed by atoms with van der Waals surface area (Å²) in [4.78, 5) is 33.2. The van der Waals surface area contributed by atoms with Gasteiger partial charge >= 0.3 is 0 Å². The minimum atomic E-state index is -0.234. The Labute approximate surface area is 172 Å². The van der Waals surface area contributed by atoms with Crippen molar-refractivity contribution in [2.45, 2.75) is 59.0 Å². The maximum absolute atomic E-state index is 13.7. The molecule has 0 aromatic carbocycles. The Morgan fingerprint density at radius 1 is 1.00 bits per heavy atom. The van der Waals surface area contributed by atoms with E-state index in [1.54, 1.807) is 12.7 Å². The maximum atomic E-state index is 13.7. The van der Waals surface area contributed by atoms with Crippen molar-refractivity contribution in [2.24, 2.45) is 16.2 Å². The molecule has 2 aromatic heterocycles. The largest absolute Gasteiger partial charge is 0.348 e. The lowest BCUT2D eigenvalue weighted by Crippen LogP contribution is -2.74. The van der Waals surface area contributed by atoms with E-state index in [9.17, 15) is 4.79 Å². The molecule has 0 radical (unpaired) electrons. The zero-order valence-corrected chi connectivity index (χ0v) is 17.7. The van der Waals surface area contributed by atoms with Crippen LogP contribution in [0.4, 0.5) is 0 Å². The molecule has 0 unspecified atom stereocenters. The molecule has 5 rings (SSSR count). The summed E-state index contributed by atoms with van der Waals surface area (Å²) in [6.45, 7) is 9.78. The van der Waals surface area contributed by atoms with Crippen LogP contribution in [0.15, 0.2) is 25.0 Å². The van der Waals surface area contributed by atoms with Crippen molar-refractivity contribution < 1.29 is 4.79 Å². The number of nitrogens with one attached hydrogen (secondary N) is 2. The summed E-state index contributed by atoms with van der Waals surface area (Å²) in [6.07, 6.45) is 12.4. The molecule has 0 spiro atoms. The molecule has 7 heteroatoms. The molecule has 1 aliphatic carbocycles. The minimum absolute atomic E-state index is 0.135. The van der Waals surface area contributed by atoms with Crippen molar-refractivity contribution in [2.75, 3.05) is 19.6 Å². The fourth-order valence-electron chi connectivity index (χ4n) is 7.26. The fourth-order valence-corrected chi connectivity index (χ4v) is 7.26. The van der Waals surface area contributed by atoms with Crippen LogP contribution in [0.1, 0.15) is 51.4 Å². The number of rotatable bonds is 6. The fraction of sp³-hybridized carbons (Fsp3) is 0.682. The van der Waals surface area contributed by atoms with E-state index in [1.807, 2.05) is 12.4 Å². The Morgan fingerprint density at radius 2 is 1.66 bits per heavy atom. The maximum Gasteiger partial charge on any atom is 0.229 e. The molecular weight excluding hydrogens is 364 g/mol. The average molecular weight is 397 g/mol. The van der Waals surface area contributed by atoms with Crippen LogP contribution in [0.3, 0.4) is 0 Å². The van der Waals surface area contributed by atoms with Crippen LogP contribution < -0.4 is 0 Å². The third kappa shape index (κ3) is 3.10. The number of amides is 1. The Hall–Kier alpha value is -2.15. The third-order valence-corrected chi connectivity index (χ3v) is 7.47. The number of aromatic amines is 2. The smallest absolute Gasteiger partial charge is 0.229 e. The summed E-state index contributed by atoms with van der Waals surface area (Å²) in [5.74, 6) is 0.344. The molecule has 2 aromatic rings. The van der Waals surface area contributed by atoms with Crippen LogP contribution in [0.25, 0.3) is 0 Å². The van der Waals surface area contributed by atoms with Gasteiger partial charge in [-0.25, -0.2) is 9.97 Å². The average Bonchev–Trinajstić information content (AvgIpc) is 3.32. The molecule has 2 aliphatic heterocycles. The number of nitrogens with zero attached hydrogens (tertiary/aromatic N) is 4.